The summed E-state index contributed by atoms with van der Waals surface area (Å²) in [5, 5.41) is 34.0. The molecule has 230 valence electrons. The normalized spacial score (nSPS) is 11.1. The molecule has 0 saturated carbocycles. The van der Waals surface area contributed by atoms with Gasteiger partial charge in [0.05, 0.1) is 56.6 Å². The second-order valence-corrected chi connectivity index (χ2v) is 12.3. The molecule has 0 saturated heterocycles. The molecule has 5 heteroatoms. The monoisotopic (exact) mass is 635 g/mol. The number of hydrogen-bond acceptors (Lipinski definition) is 3. The Balaban J connectivity index is 1.24. The van der Waals surface area contributed by atoms with Crippen molar-refractivity contribution in [2.75, 3.05) is 0 Å². The molecule has 0 amide bonds. The van der Waals surface area contributed by atoms with Crippen molar-refractivity contribution in [3.8, 4) is 51.8 Å². The van der Waals surface area contributed by atoms with Gasteiger partial charge in [-0.25, -0.2) is 0 Å². The highest BCUT2D eigenvalue weighted by molar-refractivity contribution is 6.12. The van der Waals surface area contributed by atoms with Crippen molar-refractivity contribution in [2.45, 2.75) is 0 Å². The molecule has 0 spiro atoms. The van der Waals surface area contributed by atoms with Crippen LogP contribution in [0.1, 0.15) is 16.7 Å². The molecule has 50 heavy (non-hydrogen) atoms. The molecule has 0 unspecified atom stereocenters. The summed E-state index contributed by atoms with van der Waals surface area (Å²) < 4.78 is 4.42. The van der Waals surface area contributed by atoms with E-state index in [1.54, 1.807) is 0 Å². The smallest absolute Gasteiger partial charge is 0.101 e. The van der Waals surface area contributed by atoms with Crippen molar-refractivity contribution in [1.29, 1.82) is 15.8 Å². The van der Waals surface area contributed by atoms with Crippen LogP contribution in [0.25, 0.3) is 77.2 Å². The maximum atomic E-state index is 10.2. The second-order valence-electron chi connectivity index (χ2n) is 12.3. The minimum atomic E-state index is 0.567. The maximum Gasteiger partial charge on any atom is 0.101 e. The first kappa shape index (κ1) is 28.8. The van der Waals surface area contributed by atoms with E-state index in [0.29, 0.717) is 16.7 Å². The first-order chi connectivity index (χ1) is 24.7. The summed E-state index contributed by atoms with van der Waals surface area (Å²) in [5.74, 6) is 0. The Morgan fingerprint density at radius 3 is 1.78 bits per heavy atom. The Morgan fingerprint density at radius 1 is 0.400 bits per heavy atom. The molecule has 0 aliphatic heterocycles. The topological polar surface area (TPSA) is 81.2 Å². The van der Waals surface area contributed by atoms with Gasteiger partial charge in [-0.1, -0.05) is 84.9 Å². The largest absolute Gasteiger partial charge is 0.309 e. The quantitative estimate of drug-likeness (QED) is 0.193. The number of aromatic nitrogens is 2. The Labute approximate surface area is 287 Å². The summed E-state index contributed by atoms with van der Waals surface area (Å²) >= 11 is 0. The lowest BCUT2D eigenvalue weighted by atomic mass is 9.91. The highest BCUT2D eigenvalue weighted by atomic mass is 15.0. The molecular weight excluding hydrogens is 611 g/mol. The Hall–Kier alpha value is -7.39. The van der Waals surface area contributed by atoms with E-state index in [9.17, 15) is 15.8 Å². The van der Waals surface area contributed by atoms with Crippen LogP contribution in [0, 0.1) is 34.0 Å². The molecule has 0 atom stereocenters. The van der Waals surface area contributed by atoms with E-state index in [4.69, 9.17) is 0 Å². The zero-order chi connectivity index (χ0) is 33.8. The summed E-state index contributed by atoms with van der Waals surface area (Å²) in [6, 6.07) is 57.8. The molecule has 0 bridgehead atoms. The number of benzene rings is 7. The van der Waals surface area contributed by atoms with Crippen LogP contribution in [0.15, 0.2) is 152 Å². The maximum absolute atomic E-state index is 10.2. The summed E-state index contributed by atoms with van der Waals surface area (Å²) in [6.07, 6.45) is 0. The van der Waals surface area contributed by atoms with Crippen LogP contribution in [0.2, 0.25) is 0 Å². The van der Waals surface area contributed by atoms with Gasteiger partial charge in [0.2, 0.25) is 0 Å². The van der Waals surface area contributed by atoms with Gasteiger partial charge in [0, 0.05) is 32.8 Å². The minimum Gasteiger partial charge on any atom is -0.309 e. The van der Waals surface area contributed by atoms with Gasteiger partial charge in [0.1, 0.15) is 6.07 Å². The number of hydrogen-bond donors (Lipinski definition) is 0. The van der Waals surface area contributed by atoms with Crippen molar-refractivity contribution in [3.05, 3.63) is 168 Å². The number of rotatable bonds is 4. The fourth-order valence-electron chi connectivity index (χ4n) is 7.45. The van der Waals surface area contributed by atoms with Crippen LogP contribution in [0.5, 0.6) is 0 Å². The Kier molecular flexibility index (Phi) is 6.56. The zero-order valence-corrected chi connectivity index (χ0v) is 26.7. The number of para-hydroxylation sites is 4. The minimum absolute atomic E-state index is 0.567. The lowest BCUT2D eigenvalue weighted by molar-refractivity contribution is 1.18. The van der Waals surface area contributed by atoms with Gasteiger partial charge in [-0.15, -0.1) is 0 Å². The van der Waals surface area contributed by atoms with Crippen LogP contribution < -0.4 is 0 Å². The van der Waals surface area contributed by atoms with Crippen molar-refractivity contribution >= 4 is 43.6 Å². The van der Waals surface area contributed by atoms with Crippen molar-refractivity contribution in [2.24, 2.45) is 0 Å². The highest BCUT2D eigenvalue weighted by Crippen LogP contribution is 2.41. The van der Waals surface area contributed by atoms with E-state index in [-0.39, 0.29) is 0 Å². The van der Waals surface area contributed by atoms with Crippen molar-refractivity contribution in [3.63, 3.8) is 0 Å². The molecule has 9 rings (SSSR count). The van der Waals surface area contributed by atoms with Gasteiger partial charge in [0.25, 0.3) is 0 Å². The van der Waals surface area contributed by atoms with Crippen LogP contribution in [0.3, 0.4) is 0 Å². The van der Waals surface area contributed by atoms with Crippen LogP contribution in [-0.4, -0.2) is 9.13 Å². The van der Waals surface area contributed by atoms with E-state index in [0.717, 1.165) is 77.2 Å². The fraction of sp³-hybridized carbons (Fsp3) is 0. The first-order valence-corrected chi connectivity index (χ1v) is 16.3. The summed E-state index contributed by atoms with van der Waals surface area (Å²) in [4.78, 5) is 0. The SMILES string of the molecule is N#Cc1ccc(-c2ccc(-n3c4ccccc4c4cc(C#N)ccc43)cc2)c(-c2ccccc2-n2c3ccccc3c3cccc(C#N)c32)c1. The molecule has 2 aromatic heterocycles. The molecule has 7 aromatic carbocycles. The van der Waals surface area contributed by atoms with Gasteiger partial charge in [-0.3, -0.25) is 0 Å². The number of nitriles is 3. The van der Waals surface area contributed by atoms with Gasteiger partial charge in [0.15, 0.2) is 0 Å². The molecule has 0 radical (unpaired) electrons. The predicted molar refractivity (Wildman–Crippen MR) is 200 cm³/mol. The summed E-state index contributed by atoms with van der Waals surface area (Å²) in [5.41, 5.74) is 11.6. The molecule has 5 nitrogen and oxygen atoms in total. The fourth-order valence-corrected chi connectivity index (χ4v) is 7.45. The Bertz CT molecular complexity index is 2960. The van der Waals surface area contributed by atoms with Gasteiger partial charge in [-0.2, -0.15) is 15.8 Å². The molecule has 9 aromatic rings. The van der Waals surface area contributed by atoms with Crippen molar-refractivity contribution in [1.82, 2.24) is 9.13 Å². The summed E-state index contributed by atoms with van der Waals surface area (Å²) in [7, 11) is 0. The third-order valence-electron chi connectivity index (χ3n) is 9.64. The molecule has 0 fully saturated rings. The van der Waals surface area contributed by atoms with Crippen LogP contribution in [0.4, 0.5) is 0 Å². The zero-order valence-electron chi connectivity index (χ0n) is 26.7. The standard InChI is InChI=1S/C45H25N5/c46-26-29-16-22-34(31-18-20-33(21-19-31)49-41-13-4-3-11-37(41)40-25-30(27-47)17-23-44(40)49)39(24-29)36-10-2-6-15-43(36)50-42-14-5-1-9-35(42)38-12-7-8-32(28-48)45(38)50/h1-25H. The number of nitrogens with zero attached hydrogens (tertiary/aromatic N) is 5. The number of fused-ring (bicyclic) bond motifs is 6. The molecule has 2 heterocycles. The van der Waals surface area contributed by atoms with Crippen molar-refractivity contribution < 1.29 is 0 Å². The molecule has 0 aliphatic carbocycles. The van der Waals surface area contributed by atoms with E-state index >= 15 is 0 Å². The second kappa shape index (κ2) is 11.4. The van der Waals surface area contributed by atoms with Crippen LogP contribution in [-0.2, 0) is 0 Å². The van der Waals surface area contributed by atoms with Gasteiger partial charge >= 0.3 is 0 Å². The average molecular weight is 636 g/mol. The predicted octanol–water partition coefficient (Wildman–Crippen LogP) is 10.8. The van der Waals surface area contributed by atoms with E-state index < -0.39 is 0 Å². The van der Waals surface area contributed by atoms with Gasteiger partial charge in [-0.05, 0) is 83.4 Å². The lowest BCUT2D eigenvalue weighted by Crippen LogP contribution is -2.00. The Morgan fingerprint density at radius 2 is 1.02 bits per heavy atom. The molecule has 0 N–H and O–H groups in total. The molecular formula is C45H25N5. The van der Waals surface area contributed by atoms with Crippen LogP contribution >= 0.6 is 0 Å². The average Bonchev–Trinajstić information content (AvgIpc) is 3.70. The highest BCUT2D eigenvalue weighted by Gasteiger charge is 2.20. The molecule has 0 aliphatic rings. The van der Waals surface area contributed by atoms with E-state index in [1.165, 1.54) is 0 Å². The lowest BCUT2D eigenvalue weighted by Gasteiger charge is -2.18. The third-order valence-corrected chi connectivity index (χ3v) is 9.64. The van der Waals surface area contributed by atoms with E-state index in [1.807, 2.05) is 84.9 Å². The summed E-state index contributed by atoms with van der Waals surface area (Å²) in [6.45, 7) is 0. The first-order valence-electron chi connectivity index (χ1n) is 16.3. The van der Waals surface area contributed by atoms with Gasteiger partial charge < -0.3 is 9.13 Å². The third kappa shape index (κ3) is 4.31. The van der Waals surface area contributed by atoms with E-state index in [2.05, 4.69) is 94.1 Å².